The zero-order chi connectivity index (χ0) is 21.1. The van der Waals surface area contributed by atoms with Crippen molar-refractivity contribution in [2.75, 3.05) is 6.54 Å². The molecule has 0 radical (unpaired) electrons. The number of rotatable bonds is 5. The highest BCUT2D eigenvalue weighted by molar-refractivity contribution is 6.46. The molecule has 1 saturated heterocycles. The van der Waals surface area contributed by atoms with Crippen LogP contribution >= 0.6 is 0 Å². The van der Waals surface area contributed by atoms with E-state index in [1.807, 2.05) is 79.7 Å². The molecule has 3 aromatic rings. The van der Waals surface area contributed by atoms with E-state index in [2.05, 4.69) is 0 Å². The number of carbonyl (C=O) groups excluding carboxylic acids is 2. The van der Waals surface area contributed by atoms with E-state index in [0.29, 0.717) is 18.5 Å². The fourth-order valence-electron chi connectivity index (χ4n) is 3.85. The summed E-state index contributed by atoms with van der Waals surface area (Å²) in [5.74, 6) is -1.35. The molecular weight excluding hydrogens is 374 g/mol. The maximum Gasteiger partial charge on any atom is 0.295 e. The number of carbonyl (C=O) groups is 2. The molecule has 1 fully saturated rings. The Balaban J connectivity index is 1.76. The summed E-state index contributed by atoms with van der Waals surface area (Å²) in [6, 6.07) is 25.9. The van der Waals surface area contributed by atoms with Crippen molar-refractivity contribution in [1.82, 2.24) is 4.90 Å². The van der Waals surface area contributed by atoms with Crippen molar-refractivity contribution in [3.63, 3.8) is 0 Å². The van der Waals surface area contributed by atoms with Crippen LogP contribution in [0.5, 0.6) is 0 Å². The van der Waals surface area contributed by atoms with Gasteiger partial charge in [-0.25, -0.2) is 0 Å². The molecule has 0 aliphatic carbocycles. The zero-order valence-electron chi connectivity index (χ0n) is 16.8. The van der Waals surface area contributed by atoms with Crippen molar-refractivity contribution in [2.45, 2.75) is 19.4 Å². The van der Waals surface area contributed by atoms with Crippen LogP contribution in [0.3, 0.4) is 0 Å². The van der Waals surface area contributed by atoms with E-state index in [4.69, 9.17) is 0 Å². The lowest BCUT2D eigenvalue weighted by Crippen LogP contribution is -2.31. The van der Waals surface area contributed by atoms with Crippen LogP contribution in [-0.4, -0.2) is 28.2 Å². The van der Waals surface area contributed by atoms with Gasteiger partial charge >= 0.3 is 0 Å². The standard InChI is InChI=1S/C26H23NO3/c1-18-12-14-21(15-13-18)24(28)22-23(20-10-6-3-7-11-20)27(26(30)25(22)29)17-16-19-8-4-2-5-9-19/h2-15,23,28H,16-17H2,1H3/b24-22+/t23-/m1/s1. The van der Waals surface area contributed by atoms with E-state index >= 15 is 0 Å². The van der Waals surface area contributed by atoms with E-state index in [-0.39, 0.29) is 11.3 Å². The van der Waals surface area contributed by atoms with Gasteiger partial charge in [-0.3, -0.25) is 9.59 Å². The Morgan fingerprint density at radius 1 is 0.867 bits per heavy atom. The van der Waals surface area contributed by atoms with E-state index in [1.54, 1.807) is 17.0 Å². The molecule has 4 rings (SSSR count). The Bertz CT molecular complexity index is 1090. The van der Waals surface area contributed by atoms with Crippen LogP contribution in [0.1, 0.15) is 28.3 Å². The van der Waals surface area contributed by atoms with Gasteiger partial charge in [-0.15, -0.1) is 0 Å². The summed E-state index contributed by atoms with van der Waals surface area (Å²) < 4.78 is 0. The number of aryl methyl sites for hydroxylation is 1. The van der Waals surface area contributed by atoms with Gasteiger partial charge in [0.2, 0.25) is 0 Å². The fourth-order valence-corrected chi connectivity index (χ4v) is 3.85. The third kappa shape index (κ3) is 3.77. The van der Waals surface area contributed by atoms with Crippen LogP contribution in [0, 0.1) is 6.92 Å². The van der Waals surface area contributed by atoms with E-state index in [0.717, 1.165) is 16.7 Å². The maximum atomic E-state index is 13.0. The van der Waals surface area contributed by atoms with Gasteiger partial charge in [0.15, 0.2) is 0 Å². The molecule has 1 amide bonds. The SMILES string of the molecule is Cc1ccc(/C(O)=C2\C(=O)C(=O)N(CCc3ccccc3)[C@@H]2c2ccccc2)cc1. The van der Waals surface area contributed by atoms with Gasteiger partial charge in [-0.1, -0.05) is 90.5 Å². The van der Waals surface area contributed by atoms with Crippen molar-refractivity contribution in [2.24, 2.45) is 0 Å². The molecule has 1 heterocycles. The fraction of sp³-hybridized carbons (Fsp3) is 0.154. The number of Topliss-reactive ketones (excluding diaryl/α,β-unsaturated/α-hetero) is 1. The smallest absolute Gasteiger partial charge is 0.295 e. The topological polar surface area (TPSA) is 57.6 Å². The van der Waals surface area contributed by atoms with Gasteiger partial charge in [0.05, 0.1) is 11.6 Å². The van der Waals surface area contributed by atoms with Gasteiger partial charge in [0.25, 0.3) is 11.7 Å². The van der Waals surface area contributed by atoms with E-state index < -0.39 is 17.7 Å². The van der Waals surface area contributed by atoms with Crippen LogP contribution in [0.4, 0.5) is 0 Å². The van der Waals surface area contributed by atoms with Crippen LogP contribution < -0.4 is 0 Å². The number of aliphatic hydroxyl groups is 1. The quantitative estimate of drug-likeness (QED) is 0.387. The second-order valence-corrected chi connectivity index (χ2v) is 7.50. The average Bonchev–Trinajstić information content (AvgIpc) is 3.04. The Morgan fingerprint density at radius 3 is 2.10 bits per heavy atom. The molecule has 4 nitrogen and oxygen atoms in total. The monoisotopic (exact) mass is 397 g/mol. The van der Waals surface area contributed by atoms with Crippen molar-refractivity contribution < 1.29 is 14.7 Å². The Kier molecular flexibility index (Phi) is 5.48. The third-order valence-corrected chi connectivity index (χ3v) is 5.46. The summed E-state index contributed by atoms with van der Waals surface area (Å²) in [5.41, 5.74) is 3.61. The van der Waals surface area contributed by atoms with Gasteiger partial charge < -0.3 is 10.0 Å². The number of hydrogen-bond donors (Lipinski definition) is 1. The van der Waals surface area contributed by atoms with Gasteiger partial charge in [-0.2, -0.15) is 0 Å². The van der Waals surface area contributed by atoms with Crippen LogP contribution in [0.15, 0.2) is 90.5 Å². The zero-order valence-corrected chi connectivity index (χ0v) is 16.8. The number of benzene rings is 3. The first kappa shape index (κ1) is 19.6. The van der Waals surface area contributed by atoms with E-state index in [1.165, 1.54) is 0 Å². The van der Waals surface area contributed by atoms with Gasteiger partial charge in [-0.05, 0) is 24.5 Å². The summed E-state index contributed by atoms with van der Waals surface area (Å²) in [5, 5.41) is 11.0. The molecule has 0 spiro atoms. The van der Waals surface area contributed by atoms with Gasteiger partial charge in [0, 0.05) is 12.1 Å². The minimum atomic E-state index is -0.644. The predicted octanol–water partition coefficient (Wildman–Crippen LogP) is 4.66. The summed E-state index contributed by atoms with van der Waals surface area (Å²) in [6.45, 7) is 2.34. The molecule has 150 valence electrons. The lowest BCUT2D eigenvalue weighted by molar-refractivity contribution is -0.139. The molecule has 1 aliphatic heterocycles. The Labute approximate surface area is 176 Å². The van der Waals surface area contributed by atoms with E-state index in [9.17, 15) is 14.7 Å². The minimum Gasteiger partial charge on any atom is -0.507 e. The molecule has 30 heavy (non-hydrogen) atoms. The summed E-state index contributed by atoms with van der Waals surface area (Å²) >= 11 is 0. The molecule has 1 atom stereocenters. The molecule has 0 unspecified atom stereocenters. The van der Waals surface area contributed by atoms with Gasteiger partial charge in [0.1, 0.15) is 5.76 Å². The van der Waals surface area contributed by atoms with Crippen LogP contribution in [-0.2, 0) is 16.0 Å². The number of amides is 1. The highest BCUT2D eigenvalue weighted by Crippen LogP contribution is 2.39. The third-order valence-electron chi connectivity index (χ3n) is 5.46. The first-order chi connectivity index (χ1) is 14.6. The highest BCUT2D eigenvalue weighted by atomic mass is 16.3. The molecule has 0 aromatic heterocycles. The van der Waals surface area contributed by atoms with Crippen LogP contribution in [0.2, 0.25) is 0 Å². The first-order valence-electron chi connectivity index (χ1n) is 10.0. The Morgan fingerprint density at radius 2 is 1.47 bits per heavy atom. The maximum absolute atomic E-state index is 13.0. The number of nitrogens with zero attached hydrogens (tertiary/aromatic N) is 1. The Hall–Kier alpha value is -3.66. The highest BCUT2D eigenvalue weighted by Gasteiger charge is 2.45. The van der Waals surface area contributed by atoms with Crippen molar-refractivity contribution in [3.8, 4) is 0 Å². The number of ketones is 1. The molecule has 3 aromatic carbocycles. The first-order valence-corrected chi connectivity index (χ1v) is 10.0. The lowest BCUT2D eigenvalue weighted by atomic mass is 9.95. The van der Waals surface area contributed by atoms with Crippen molar-refractivity contribution in [3.05, 3.63) is 113 Å². The molecule has 4 heteroatoms. The number of aliphatic hydroxyl groups excluding tert-OH is 1. The summed E-state index contributed by atoms with van der Waals surface area (Å²) in [6.07, 6.45) is 0.627. The second kappa shape index (κ2) is 8.37. The normalized spacial score (nSPS) is 18.0. The molecule has 1 N–H and O–H groups in total. The molecular formula is C26H23NO3. The largest absolute Gasteiger partial charge is 0.507 e. The lowest BCUT2D eigenvalue weighted by Gasteiger charge is -2.25. The van der Waals surface area contributed by atoms with Crippen molar-refractivity contribution >= 4 is 17.4 Å². The molecule has 0 saturated carbocycles. The number of likely N-dealkylation sites (tertiary alicyclic amines) is 1. The molecule has 1 aliphatic rings. The van der Waals surface area contributed by atoms with Crippen LogP contribution in [0.25, 0.3) is 5.76 Å². The number of hydrogen-bond acceptors (Lipinski definition) is 3. The predicted molar refractivity (Wildman–Crippen MR) is 117 cm³/mol. The average molecular weight is 397 g/mol. The van der Waals surface area contributed by atoms with Crippen molar-refractivity contribution in [1.29, 1.82) is 0 Å². The molecule has 0 bridgehead atoms. The summed E-state index contributed by atoms with van der Waals surface area (Å²) in [7, 11) is 0. The second-order valence-electron chi connectivity index (χ2n) is 7.50. The summed E-state index contributed by atoms with van der Waals surface area (Å²) in [4.78, 5) is 27.5. The minimum absolute atomic E-state index is 0.135.